The maximum absolute atomic E-state index is 12.0. The van der Waals surface area contributed by atoms with Crippen LogP contribution in [0.2, 0.25) is 0 Å². The van der Waals surface area contributed by atoms with Crippen molar-refractivity contribution >= 4 is 22.1 Å². The molecule has 1 N–H and O–H groups in total. The molecule has 0 aliphatic heterocycles. The minimum Gasteiger partial charge on any atom is -0.272 e. The van der Waals surface area contributed by atoms with Gasteiger partial charge in [-0.15, -0.1) is 0 Å². The second kappa shape index (κ2) is 9.26. The largest absolute Gasteiger partial charge is 0.272 e. The topological polar surface area (TPSA) is 78.8 Å². The predicted molar refractivity (Wildman–Crippen MR) is 103 cm³/mol. The molecule has 0 heterocycles. The lowest BCUT2D eigenvalue weighted by molar-refractivity contribution is -0.121. The van der Waals surface area contributed by atoms with Crippen LogP contribution in [0.4, 0.5) is 0 Å². The normalized spacial score (nSPS) is 11.8. The third kappa shape index (κ3) is 6.78. The van der Waals surface area contributed by atoms with Gasteiger partial charge in [-0.25, -0.2) is 13.8 Å². The molecule has 0 aromatic heterocycles. The fraction of sp³-hybridized carbons (Fsp3) is 0.263. The molecule has 0 fully saturated rings. The highest BCUT2D eigenvalue weighted by Gasteiger charge is 2.19. The quantitative estimate of drug-likeness (QED) is 0.567. The summed E-state index contributed by atoms with van der Waals surface area (Å²) in [6.07, 6.45) is 3.16. The molecule has 0 atom stereocenters. The van der Waals surface area contributed by atoms with E-state index in [0.29, 0.717) is 6.42 Å². The first kappa shape index (κ1) is 19.8. The van der Waals surface area contributed by atoms with Crippen LogP contribution in [0.25, 0.3) is 0 Å². The number of benzene rings is 2. The molecule has 0 saturated carbocycles. The zero-order valence-electron chi connectivity index (χ0n) is 14.9. The predicted octanol–water partition coefficient (Wildman–Crippen LogP) is 1.95. The lowest BCUT2D eigenvalue weighted by Crippen LogP contribution is -2.40. The van der Waals surface area contributed by atoms with Crippen molar-refractivity contribution in [2.24, 2.45) is 5.10 Å². The molecule has 6 nitrogen and oxygen atoms in total. The van der Waals surface area contributed by atoms with Crippen LogP contribution in [0.5, 0.6) is 0 Å². The van der Waals surface area contributed by atoms with Gasteiger partial charge in [0.2, 0.25) is 10.0 Å². The number of aryl methyl sites for hydroxylation is 1. The highest BCUT2D eigenvalue weighted by Crippen LogP contribution is 2.05. The minimum atomic E-state index is -3.49. The Morgan fingerprint density at radius 2 is 1.88 bits per heavy atom. The maximum Gasteiger partial charge on any atom is 0.255 e. The van der Waals surface area contributed by atoms with Gasteiger partial charge in [0.25, 0.3) is 5.91 Å². The number of sulfonamides is 1. The van der Waals surface area contributed by atoms with E-state index in [9.17, 15) is 13.2 Å². The fourth-order valence-electron chi connectivity index (χ4n) is 2.39. The van der Waals surface area contributed by atoms with E-state index in [1.165, 1.54) is 6.21 Å². The van der Waals surface area contributed by atoms with E-state index in [1.54, 1.807) is 0 Å². The van der Waals surface area contributed by atoms with Crippen LogP contribution in [0.15, 0.2) is 59.7 Å². The Morgan fingerprint density at radius 3 is 2.54 bits per heavy atom. The van der Waals surface area contributed by atoms with Crippen molar-refractivity contribution < 1.29 is 13.2 Å². The van der Waals surface area contributed by atoms with Gasteiger partial charge in [-0.05, 0) is 24.5 Å². The molecule has 0 unspecified atom stereocenters. The summed E-state index contributed by atoms with van der Waals surface area (Å²) in [6, 6.07) is 17.2. The highest BCUT2D eigenvalue weighted by atomic mass is 32.2. The van der Waals surface area contributed by atoms with Gasteiger partial charge in [0, 0.05) is 6.54 Å². The molecule has 0 saturated heterocycles. The summed E-state index contributed by atoms with van der Waals surface area (Å²) in [4.78, 5) is 12.0. The second-order valence-corrected chi connectivity index (χ2v) is 8.02. The molecule has 2 rings (SSSR count). The van der Waals surface area contributed by atoms with E-state index in [0.717, 1.165) is 27.3 Å². The number of carbonyl (C=O) groups excluding carboxylic acids is 1. The number of hydrogen-bond donors (Lipinski definition) is 1. The zero-order chi connectivity index (χ0) is 19.0. The number of nitrogens with one attached hydrogen (secondary N) is 1. The SMILES string of the molecule is Cc1cccc(C=NNC(=O)CN(CCc2ccccc2)S(C)(=O)=O)c1. The van der Waals surface area contributed by atoms with Crippen molar-refractivity contribution in [2.75, 3.05) is 19.3 Å². The smallest absolute Gasteiger partial charge is 0.255 e. The van der Waals surface area contributed by atoms with E-state index in [-0.39, 0.29) is 13.1 Å². The standard InChI is InChI=1S/C19H23N3O3S/c1-16-7-6-10-18(13-16)14-20-21-19(23)15-22(26(2,24)25)12-11-17-8-4-3-5-9-17/h3-10,13-14H,11-12,15H2,1-2H3,(H,21,23). The summed E-state index contributed by atoms with van der Waals surface area (Å²) < 4.78 is 25.0. The summed E-state index contributed by atoms with van der Waals surface area (Å²) in [5.74, 6) is -0.479. The molecule has 2 aromatic rings. The molecule has 0 spiro atoms. The van der Waals surface area contributed by atoms with Gasteiger partial charge in [0.15, 0.2) is 0 Å². The summed E-state index contributed by atoms with van der Waals surface area (Å²) in [5.41, 5.74) is 5.33. The summed E-state index contributed by atoms with van der Waals surface area (Å²) in [5, 5.41) is 3.89. The first-order chi connectivity index (χ1) is 12.3. The minimum absolute atomic E-state index is 0.234. The zero-order valence-corrected chi connectivity index (χ0v) is 15.7. The van der Waals surface area contributed by atoms with Gasteiger partial charge in [-0.3, -0.25) is 4.79 Å². The second-order valence-electron chi connectivity index (χ2n) is 6.04. The first-order valence-corrected chi connectivity index (χ1v) is 10.1. The summed E-state index contributed by atoms with van der Waals surface area (Å²) in [7, 11) is -3.49. The van der Waals surface area contributed by atoms with Crippen LogP contribution in [0.1, 0.15) is 16.7 Å². The molecule has 0 aliphatic carbocycles. The van der Waals surface area contributed by atoms with Crippen molar-refractivity contribution in [3.05, 3.63) is 71.3 Å². The Bertz CT molecular complexity index is 865. The Morgan fingerprint density at radius 1 is 1.15 bits per heavy atom. The Labute approximate surface area is 154 Å². The number of hydrazone groups is 1. The van der Waals surface area contributed by atoms with Crippen molar-refractivity contribution in [1.29, 1.82) is 0 Å². The molecule has 7 heteroatoms. The highest BCUT2D eigenvalue weighted by molar-refractivity contribution is 7.88. The van der Waals surface area contributed by atoms with Crippen LogP contribution in [0.3, 0.4) is 0 Å². The van der Waals surface area contributed by atoms with Crippen LogP contribution in [-0.2, 0) is 21.2 Å². The Kier molecular flexibility index (Phi) is 7.06. The summed E-state index contributed by atoms with van der Waals surface area (Å²) >= 11 is 0. The van der Waals surface area contributed by atoms with Gasteiger partial charge in [-0.1, -0.05) is 60.2 Å². The van der Waals surface area contributed by atoms with Crippen molar-refractivity contribution in [1.82, 2.24) is 9.73 Å². The lowest BCUT2D eigenvalue weighted by Gasteiger charge is -2.18. The molecule has 26 heavy (non-hydrogen) atoms. The molecule has 138 valence electrons. The van der Waals surface area contributed by atoms with E-state index in [1.807, 2.05) is 61.5 Å². The average molecular weight is 373 g/mol. The van der Waals surface area contributed by atoms with Crippen molar-refractivity contribution in [2.45, 2.75) is 13.3 Å². The molecular weight excluding hydrogens is 350 g/mol. The van der Waals surface area contributed by atoms with Gasteiger partial charge in [-0.2, -0.15) is 9.41 Å². The van der Waals surface area contributed by atoms with Gasteiger partial charge in [0.05, 0.1) is 19.0 Å². The van der Waals surface area contributed by atoms with E-state index in [4.69, 9.17) is 0 Å². The monoisotopic (exact) mass is 373 g/mol. The Balaban J connectivity index is 1.91. The number of hydrogen-bond acceptors (Lipinski definition) is 4. The summed E-state index contributed by atoms with van der Waals surface area (Å²) in [6.45, 7) is 1.93. The van der Waals surface area contributed by atoms with Crippen LogP contribution < -0.4 is 5.43 Å². The maximum atomic E-state index is 12.0. The molecule has 0 aliphatic rings. The molecule has 0 bridgehead atoms. The lowest BCUT2D eigenvalue weighted by atomic mass is 10.1. The van der Waals surface area contributed by atoms with Crippen molar-refractivity contribution in [3.8, 4) is 0 Å². The fourth-order valence-corrected chi connectivity index (χ4v) is 3.16. The number of nitrogens with zero attached hydrogens (tertiary/aromatic N) is 2. The third-order valence-corrected chi connectivity index (χ3v) is 4.98. The molecule has 0 radical (unpaired) electrons. The Hall–Kier alpha value is -2.51. The number of carbonyl (C=O) groups is 1. The van der Waals surface area contributed by atoms with Crippen LogP contribution in [0, 0.1) is 6.92 Å². The van der Waals surface area contributed by atoms with E-state index >= 15 is 0 Å². The van der Waals surface area contributed by atoms with E-state index in [2.05, 4.69) is 10.5 Å². The average Bonchev–Trinajstić information content (AvgIpc) is 2.58. The number of amides is 1. The number of rotatable bonds is 8. The molecular formula is C19H23N3O3S. The molecule has 2 aromatic carbocycles. The third-order valence-electron chi connectivity index (χ3n) is 3.73. The van der Waals surface area contributed by atoms with Crippen molar-refractivity contribution in [3.63, 3.8) is 0 Å². The van der Waals surface area contributed by atoms with E-state index < -0.39 is 15.9 Å². The van der Waals surface area contributed by atoms with Gasteiger partial charge >= 0.3 is 0 Å². The van der Waals surface area contributed by atoms with Gasteiger partial charge in [0.1, 0.15) is 0 Å². The van der Waals surface area contributed by atoms with Crippen LogP contribution >= 0.6 is 0 Å². The van der Waals surface area contributed by atoms with Crippen LogP contribution in [-0.4, -0.2) is 44.2 Å². The molecule has 1 amide bonds. The van der Waals surface area contributed by atoms with Gasteiger partial charge < -0.3 is 0 Å². The first-order valence-electron chi connectivity index (χ1n) is 8.22.